The highest BCUT2D eigenvalue weighted by Crippen LogP contribution is 2.18. The minimum Gasteiger partial charge on any atom is -0.464 e. The molecule has 1 aromatic carbocycles. The Balaban J connectivity index is 2.10. The van der Waals surface area contributed by atoms with Gasteiger partial charge in [0.2, 0.25) is 0 Å². The van der Waals surface area contributed by atoms with Gasteiger partial charge in [-0.2, -0.15) is 0 Å². The van der Waals surface area contributed by atoms with E-state index < -0.39 is 0 Å². The Morgan fingerprint density at radius 2 is 2.00 bits per heavy atom. The molecule has 1 heterocycles. The van der Waals surface area contributed by atoms with Crippen molar-refractivity contribution in [2.24, 2.45) is 0 Å². The third kappa shape index (κ3) is 2.76. The third-order valence-electron chi connectivity index (χ3n) is 2.68. The zero-order chi connectivity index (χ0) is 13.1. The first-order chi connectivity index (χ1) is 8.58. The van der Waals surface area contributed by atoms with Gasteiger partial charge in [0.1, 0.15) is 11.5 Å². The molecule has 0 bridgehead atoms. The van der Waals surface area contributed by atoms with E-state index in [1.54, 1.807) is 12.1 Å². The van der Waals surface area contributed by atoms with Crippen LogP contribution in [0.1, 0.15) is 34.8 Å². The summed E-state index contributed by atoms with van der Waals surface area (Å²) in [6.45, 7) is 3.76. The Bertz CT molecular complexity index is 562. The molecule has 0 spiro atoms. The standard InChI is InChI=1S/C14H15NO2S/c1-9-7-8-12(17-9)10(2)15-14(16)11-5-3-4-6-13(11)18/h3-8,10,18H,1-2H3,(H,15,16). The van der Waals surface area contributed by atoms with Gasteiger partial charge in [-0.3, -0.25) is 4.79 Å². The Kier molecular flexibility index (Phi) is 3.77. The average Bonchev–Trinajstić information content (AvgIpc) is 2.76. The molecule has 0 fully saturated rings. The lowest BCUT2D eigenvalue weighted by molar-refractivity contribution is 0.0932. The van der Waals surface area contributed by atoms with Crippen molar-refractivity contribution in [3.8, 4) is 0 Å². The predicted molar refractivity (Wildman–Crippen MR) is 73.0 cm³/mol. The number of aryl methyl sites for hydroxylation is 1. The highest BCUT2D eigenvalue weighted by atomic mass is 32.1. The summed E-state index contributed by atoms with van der Waals surface area (Å²) in [5, 5.41) is 2.89. The van der Waals surface area contributed by atoms with Crippen molar-refractivity contribution in [2.75, 3.05) is 0 Å². The number of carbonyl (C=O) groups excluding carboxylic acids is 1. The zero-order valence-electron chi connectivity index (χ0n) is 10.3. The zero-order valence-corrected chi connectivity index (χ0v) is 11.2. The van der Waals surface area contributed by atoms with E-state index in [4.69, 9.17) is 4.42 Å². The molecule has 2 rings (SSSR count). The van der Waals surface area contributed by atoms with Gasteiger partial charge in [0.25, 0.3) is 5.91 Å². The van der Waals surface area contributed by atoms with Crippen molar-refractivity contribution < 1.29 is 9.21 Å². The molecule has 3 nitrogen and oxygen atoms in total. The third-order valence-corrected chi connectivity index (χ3v) is 3.07. The minimum atomic E-state index is -0.167. The molecule has 0 aliphatic rings. The Labute approximate surface area is 112 Å². The maximum Gasteiger partial charge on any atom is 0.252 e. The van der Waals surface area contributed by atoms with Gasteiger partial charge in [-0.15, -0.1) is 12.6 Å². The molecule has 0 radical (unpaired) electrons. The number of hydrogen-bond donors (Lipinski definition) is 2. The van der Waals surface area contributed by atoms with E-state index in [-0.39, 0.29) is 11.9 Å². The quantitative estimate of drug-likeness (QED) is 0.832. The van der Waals surface area contributed by atoms with Gasteiger partial charge in [0, 0.05) is 4.90 Å². The maximum absolute atomic E-state index is 12.1. The molecule has 0 saturated carbocycles. The normalized spacial score (nSPS) is 12.2. The van der Waals surface area contributed by atoms with E-state index in [2.05, 4.69) is 17.9 Å². The predicted octanol–water partition coefficient (Wildman–Crippen LogP) is 3.37. The Hall–Kier alpha value is -1.68. The number of benzene rings is 1. The molecule has 2 aromatic rings. The molecule has 1 N–H and O–H groups in total. The summed E-state index contributed by atoms with van der Waals surface area (Å²) in [6, 6.07) is 10.8. The van der Waals surface area contributed by atoms with E-state index in [1.165, 1.54) is 0 Å². The lowest BCUT2D eigenvalue weighted by Crippen LogP contribution is -2.26. The van der Waals surface area contributed by atoms with Crippen LogP contribution in [-0.2, 0) is 0 Å². The van der Waals surface area contributed by atoms with Gasteiger partial charge in [-0.25, -0.2) is 0 Å². The molecule has 1 unspecified atom stereocenters. The van der Waals surface area contributed by atoms with Crippen LogP contribution in [0.5, 0.6) is 0 Å². The summed E-state index contributed by atoms with van der Waals surface area (Å²) in [4.78, 5) is 12.7. The van der Waals surface area contributed by atoms with E-state index in [0.717, 1.165) is 11.5 Å². The fourth-order valence-electron chi connectivity index (χ4n) is 1.70. The van der Waals surface area contributed by atoms with Crippen LogP contribution < -0.4 is 5.32 Å². The highest BCUT2D eigenvalue weighted by Gasteiger charge is 2.15. The van der Waals surface area contributed by atoms with Crippen molar-refractivity contribution in [1.82, 2.24) is 5.32 Å². The molecule has 1 aromatic heterocycles. The summed E-state index contributed by atoms with van der Waals surface area (Å²) in [7, 11) is 0. The van der Waals surface area contributed by atoms with Gasteiger partial charge in [0.15, 0.2) is 0 Å². The fraction of sp³-hybridized carbons (Fsp3) is 0.214. The second kappa shape index (κ2) is 5.31. The van der Waals surface area contributed by atoms with Crippen molar-refractivity contribution in [1.29, 1.82) is 0 Å². The molecule has 1 atom stereocenters. The minimum absolute atomic E-state index is 0.151. The van der Waals surface area contributed by atoms with E-state index in [9.17, 15) is 4.79 Å². The monoisotopic (exact) mass is 261 g/mol. The summed E-state index contributed by atoms with van der Waals surface area (Å²) in [6.07, 6.45) is 0. The van der Waals surface area contributed by atoms with Crippen LogP contribution in [0, 0.1) is 6.92 Å². The van der Waals surface area contributed by atoms with Crippen LogP contribution in [0.15, 0.2) is 45.7 Å². The summed E-state index contributed by atoms with van der Waals surface area (Å²) in [5.41, 5.74) is 0.566. The molecule has 0 aliphatic heterocycles. The number of rotatable bonds is 3. The van der Waals surface area contributed by atoms with E-state index >= 15 is 0 Å². The average molecular weight is 261 g/mol. The summed E-state index contributed by atoms with van der Waals surface area (Å²) < 4.78 is 5.48. The van der Waals surface area contributed by atoms with Crippen LogP contribution in [0.25, 0.3) is 0 Å². The molecule has 1 amide bonds. The first-order valence-corrected chi connectivity index (χ1v) is 6.18. The number of thiol groups is 1. The number of carbonyl (C=O) groups is 1. The first kappa shape index (κ1) is 12.8. The lowest BCUT2D eigenvalue weighted by Gasteiger charge is -2.12. The van der Waals surface area contributed by atoms with Crippen molar-refractivity contribution in [2.45, 2.75) is 24.8 Å². The Morgan fingerprint density at radius 3 is 2.61 bits per heavy atom. The SMILES string of the molecule is Cc1ccc(C(C)NC(=O)c2ccccc2S)o1. The van der Waals surface area contributed by atoms with Gasteiger partial charge >= 0.3 is 0 Å². The second-order valence-electron chi connectivity index (χ2n) is 4.16. The van der Waals surface area contributed by atoms with E-state index in [1.807, 2.05) is 38.1 Å². The van der Waals surface area contributed by atoms with Gasteiger partial charge in [-0.1, -0.05) is 12.1 Å². The highest BCUT2D eigenvalue weighted by molar-refractivity contribution is 7.80. The molecule has 0 saturated heterocycles. The van der Waals surface area contributed by atoms with Gasteiger partial charge < -0.3 is 9.73 Å². The topological polar surface area (TPSA) is 42.2 Å². The van der Waals surface area contributed by atoms with E-state index in [0.29, 0.717) is 10.5 Å². The van der Waals surface area contributed by atoms with Crippen LogP contribution in [0.4, 0.5) is 0 Å². The fourth-order valence-corrected chi connectivity index (χ4v) is 1.96. The second-order valence-corrected chi connectivity index (χ2v) is 4.64. The van der Waals surface area contributed by atoms with Gasteiger partial charge in [-0.05, 0) is 38.1 Å². The Morgan fingerprint density at radius 1 is 1.28 bits per heavy atom. The molecular weight excluding hydrogens is 246 g/mol. The van der Waals surface area contributed by atoms with Gasteiger partial charge in [0.05, 0.1) is 11.6 Å². The van der Waals surface area contributed by atoms with Crippen LogP contribution in [0.2, 0.25) is 0 Å². The first-order valence-electron chi connectivity index (χ1n) is 5.73. The lowest BCUT2D eigenvalue weighted by atomic mass is 10.2. The van der Waals surface area contributed by atoms with Crippen LogP contribution in [0.3, 0.4) is 0 Å². The largest absolute Gasteiger partial charge is 0.464 e. The van der Waals surface area contributed by atoms with Crippen molar-refractivity contribution >= 4 is 18.5 Å². The molecular formula is C14H15NO2S. The molecule has 18 heavy (non-hydrogen) atoms. The van der Waals surface area contributed by atoms with Crippen LogP contribution >= 0.6 is 12.6 Å². The smallest absolute Gasteiger partial charge is 0.252 e. The summed E-state index contributed by atoms with van der Waals surface area (Å²) >= 11 is 4.27. The summed E-state index contributed by atoms with van der Waals surface area (Å²) in [5.74, 6) is 1.43. The molecule has 4 heteroatoms. The maximum atomic E-state index is 12.1. The molecule has 94 valence electrons. The van der Waals surface area contributed by atoms with Crippen molar-refractivity contribution in [3.63, 3.8) is 0 Å². The number of furan rings is 1. The van der Waals surface area contributed by atoms with Crippen LogP contribution in [-0.4, -0.2) is 5.91 Å². The number of hydrogen-bond acceptors (Lipinski definition) is 3. The number of nitrogens with one attached hydrogen (secondary N) is 1. The molecule has 0 aliphatic carbocycles. The number of amides is 1. The van der Waals surface area contributed by atoms with Crippen molar-refractivity contribution in [3.05, 3.63) is 53.5 Å².